The first-order chi connectivity index (χ1) is 15.8. The summed E-state index contributed by atoms with van der Waals surface area (Å²) in [6.07, 6.45) is 5.82. The van der Waals surface area contributed by atoms with E-state index in [0.717, 1.165) is 4.88 Å². The lowest BCUT2D eigenvalue weighted by Gasteiger charge is -2.24. The molecule has 1 atom stereocenters. The van der Waals surface area contributed by atoms with Crippen molar-refractivity contribution in [2.45, 2.75) is 32.9 Å². The fourth-order valence-electron chi connectivity index (χ4n) is 4.24. The molecule has 1 fully saturated rings. The lowest BCUT2D eigenvalue weighted by molar-refractivity contribution is -0.139. The number of aryl methyl sites for hydroxylation is 2. The molecule has 33 heavy (non-hydrogen) atoms. The minimum absolute atomic E-state index is 0.0201. The van der Waals surface area contributed by atoms with Crippen LogP contribution in [0.2, 0.25) is 0 Å². The summed E-state index contributed by atoms with van der Waals surface area (Å²) in [4.78, 5) is 47.5. The molecule has 0 unspecified atom stereocenters. The standard InChI is InChI=1S/C23H24N4O5S/c1-13-16(14(2)25-18(13)23(31)32-3)20(28)17-19(15-6-4-11-33-15)27(22(30)21(17)29)9-5-8-26-10-7-24-12-26/h4,6-7,10-12,19,25,28H,5,8-9H2,1-3H3/b20-17+/t19-/m1/s1. The molecule has 2 N–H and O–H groups in total. The van der Waals surface area contributed by atoms with Crippen molar-refractivity contribution >= 4 is 34.8 Å². The Morgan fingerprint density at radius 1 is 1.30 bits per heavy atom. The molecule has 10 heteroatoms. The molecule has 0 spiro atoms. The van der Waals surface area contributed by atoms with Crippen molar-refractivity contribution < 1.29 is 24.2 Å². The number of H-pyrrole nitrogens is 1. The maximum Gasteiger partial charge on any atom is 0.354 e. The van der Waals surface area contributed by atoms with E-state index in [1.807, 2.05) is 28.3 Å². The number of aromatic amines is 1. The quantitative estimate of drug-likeness (QED) is 0.238. The molecule has 0 radical (unpaired) electrons. The van der Waals surface area contributed by atoms with E-state index in [4.69, 9.17) is 4.74 Å². The van der Waals surface area contributed by atoms with Crippen LogP contribution in [0.1, 0.15) is 44.6 Å². The van der Waals surface area contributed by atoms with E-state index in [-0.39, 0.29) is 17.0 Å². The molecule has 9 nitrogen and oxygen atoms in total. The lowest BCUT2D eigenvalue weighted by Crippen LogP contribution is -2.31. The van der Waals surface area contributed by atoms with Crippen molar-refractivity contribution in [2.24, 2.45) is 0 Å². The van der Waals surface area contributed by atoms with Gasteiger partial charge in [0.15, 0.2) is 0 Å². The number of aliphatic hydroxyl groups is 1. The van der Waals surface area contributed by atoms with Gasteiger partial charge in [-0.15, -0.1) is 11.3 Å². The number of ether oxygens (including phenoxy) is 1. The highest BCUT2D eigenvalue weighted by atomic mass is 32.1. The topological polar surface area (TPSA) is 118 Å². The van der Waals surface area contributed by atoms with Crippen LogP contribution in [0.4, 0.5) is 0 Å². The van der Waals surface area contributed by atoms with Crippen molar-refractivity contribution in [1.82, 2.24) is 19.4 Å². The number of rotatable bonds is 7. The Kier molecular flexibility index (Phi) is 6.19. The van der Waals surface area contributed by atoms with E-state index in [0.29, 0.717) is 36.3 Å². The van der Waals surface area contributed by atoms with Gasteiger partial charge >= 0.3 is 5.97 Å². The highest BCUT2D eigenvalue weighted by Crippen LogP contribution is 2.42. The van der Waals surface area contributed by atoms with E-state index in [9.17, 15) is 19.5 Å². The fourth-order valence-corrected chi connectivity index (χ4v) is 5.09. The van der Waals surface area contributed by atoms with Gasteiger partial charge in [-0.05, 0) is 37.3 Å². The zero-order valence-electron chi connectivity index (χ0n) is 18.5. The molecule has 0 aromatic carbocycles. The highest BCUT2D eigenvalue weighted by molar-refractivity contribution is 7.10. The number of likely N-dealkylation sites (tertiary alicyclic amines) is 1. The molecule has 1 amide bonds. The number of methoxy groups -OCH3 is 1. The average Bonchev–Trinajstić information content (AvgIpc) is 3.58. The summed E-state index contributed by atoms with van der Waals surface area (Å²) >= 11 is 1.41. The largest absolute Gasteiger partial charge is 0.507 e. The number of nitrogens with one attached hydrogen (secondary N) is 1. The van der Waals surface area contributed by atoms with Gasteiger partial charge < -0.3 is 24.3 Å². The predicted octanol–water partition coefficient (Wildman–Crippen LogP) is 3.19. The van der Waals surface area contributed by atoms with Crippen LogP contribution in [-0.2, 0) is 20.9 Å². The minimum Gasteiger partial charge on any atom is -0.507 e. The number of hydrogen-bond acceptors (Lipinski definition) is 7. The first kappa shape index (κ1) is 22.5. The molecule has 3 aromatic rings. The zero-order chi connectivity index (χ0) is 23.7. The van der Waals surface area contributed by atoms with Gasteiger partial charge in [-0.3, -0.25) is 9.59 Å². The van der Waals surface area contributed by atoms with Gasteiger partial charge in [-0.2, -0.15) is 0 Å². The van der Waals surface area contributed by atoms with Crippen LogP contribution >= 0.6 is 11.3 Å². The molecule has 0 aliphatic carbocycles. The second kappa shape index (κ2) is 9.07. The number of carbonyl (C=O) groups is 3. The molecule has 3 aromatic heterocycles. The van der Waals surface area contributed by atoms with Crippen LogP contribution in [0, 0.1) is 13.8 Å². The predicted molar refractivity (Wildman–Crippen MR) is 122 cm³/mol. The Labute approximate surface area is 194 Å². The second-order valence-corrected chi connectivity index (χ2v) is 8.76. The molecule has 1 aliphatic heterocycles. The number of imidazole rings is 1. The van der Waals surface area contributed by atoms with Crippen LogP contribution < -0.4 is 0 Å². The van der Waals surface area contributed by atoms with Crippen LogP contribution in [0.25, 0.3) is 5.76 Å². The fraction of sp³-hybridized carbons (Fsp3) is 0.304. The molecule has 4 heterocycles. The van der Waals surface area contributed by atoms with E-state index in [2.05, 4.69) is 9.97 Å². The summed E-state index contributed by atoms with van der Waals surface area (Å²) in [6, 6.07) is 2.98. The number of hydrogen-bond donors (Lipinski definition) is 2. The molecular weight excluding hydrogens is 444 g/mol. The summed E-state index contributed by atoms with van der Waals surface area (Å²) in [5.41, 5.74) is 1.49. The lowest BCUT2D eigenvalue weighted by atomic mass is 9.97. The normalized spacial score (nSPS) is 17.7. The van der Waals surface area contributed by atoms with Gasteiger partial charge in [-0.25, -0.2) is 9.78 Å². The minimum atomic E-state index is -0.742. The summed E-state index contributed by atoms with van der Waals surface area (Å²) < 4.78 is 6.70. The Morgan fingerprint density at radius 2 is 2.09 bits per heavy atom. The number of aliphatic hydroxyl groups excluding tert-OH is 1. The number of nitrogens with zero attached hydrogens (tertiary/aromatic N) is 3. The Hall–Kier alpha value is -3.66. The maximum absolute atomic E-state index is 13.1. The first-order valence-electron chi connectivity index (χ1n) is 10.4. The third kappa shape index (κ3) is 3.97. The van der Waals surface area contributed by atoms with E-state index < -0.39 is 23.7 Å². The number of Topliss-reactive ketones (excluding diaryl/α,β-unsaturated/α-hetero) is 1. The van der Waals surface area contributed by atoms with Crippen molar-refractivity contribution in [3.05, 3.63) is 69.2 Å². The van der Waals surface area contributed by atoms with Gasteiger partial charge in [0.1, 0.15) is 11.5 Å². The van der Waals surface area contributed by atoms with Gasteiger partial charge in [0, 0.05) is 41.6 Å². The van der Waals surface area contributed by atoms with Crippen LogP contribution in [0.15, 0.2) is 41.8 Å². The van der Waals surface area contributed by atoms with E-state index >= 15 is 0 Å². The monoisotopic (exact) mass is 468 g/mol. The molecular formula is C23H24N4O5S. The van der Waals surface area contributed by atoms with E-state index in [1.54, 1.807) is 26.4 Å². The summed E-state index contributed by atoms with van der Waals surface area (Å²) in [7, 11) is 1.27. The number of ketones is 1. The number of amides is 1. The first-order valence-corrected chi connectivity index (χ1v) is 11.3. The van der Waals surface area contributed by atoms with Gasteiger partial charge in [0.25, 0.3) is 11.7 Å². The van der Waals surface area contributed by atoms with Gasteiger partial charge in [0.2, 0.25) is 0 Å². The molecule has 0 saturated carbocycles. The SMILES string of the molecule is COC(=O)c1[nH]c(C)c(/C(O)=C2\C(=O)C(=O)N(CCCn3ccnc3)[C@@H]2c2cccs2)c1C. The molecule has 172 valence electrons. The highest BCUT2D eigenvalue weighted by Gasteiger charge is 2.46. The van der Waals surface area contributed by atoms with Crippen LogP contribution in [0.3, 0.4) is 0 Å². The molecule has 0 bridgehead atoms. The van der Waals surface area contributed by atoms with Crippen molar-refractivity contribution in [3.8, 4) is 0 Å². The number of esters is 1. The second-order valence-electron chi connectivity index (χ2n) is 7.78. The average molecular weight is 469 g/mol. The Balaban J connectivity index is 1.75. The maximum atomic E-state index is 13.1. The van der Waals surface area contributed by atoms with Crippen molar-refractivity contribution in [3.63, 3.8) is 0 Å². The third-order valence-electron chi connectivity index (χ3n) is 5.79. The third-order valence-corrected chi connectivity index (χ3v) is 6.72. The summed E-state index contributed by atoms with van der Waals surface area (Å²) in [5, 5.41) is 13.2. The van der Waals surface area contributed by atoms with Crippen LogP contribution in [0.5, 0.6) is 0 Å². The summed E-state index contributed by atoms with van der Waals surface area (Å²) in [5.74, 6) is -2.28. The Bertz CT molecular complexity index is 1220. The van der Waals surface area contributed by atoms with E-state index in [1.165, 1.54) is 23.3 Å². The van der Waals surface area contributed by atoms with Crippen molar-refractivity contribution in [1.29, 1.82) is 0 Å². The molecule has 1 saturated heterocycles. The summed E-state index contributed by atoms with van der Waals surface area (Å²) in [6.45, 7) is 4.32. The van der Waals surface area contributed by atoms with Gasteiger partial charge in [0.05, 0.1) is 25.1 Å². The zero-order valence-corrected chi connectivity index (χ0v) is 19.3. The smallest absolute Gasteiger partial charge is 0.354 e. The number of carbonyl (C=O) groups excluding carboxylic acids is 3. The number of thiophene rings is 1. The molecule has 4 rings (SSSR count). The van der Waals surface area contributed by atoms with Crippen molar-refractivity contribution in [2.75, 3.05) is 13.7 Å². The molecule has 1 aliphatic rings. The van der Waals surface area contributed by atoms with Crippen LogP contribution in [-0.4, -0.2) is 55.9 Å². The number of aromatic nitrogens is 3. The Morgan fingerprint density at radius 3 is 2.73 bits per heavy atom. The van der Waals surface area contributed by atoms with Gasteiger partial charge in [-0.1, -0.05) is 6.07 Å².